The molecule has 13 heavy (non-hydrogen) atoms. The van der Waals surface area contributed by atoms with Crippen LogP contribution in [-0.2, 0) is 4.74 Å². The van der Waals surface area contributed by atoms with Gasteiger partial charge in [0.25, 0.3) is 0 Å². The Labute approximate surface area is 80.3 Å². The highest BCUT2D eigenvalue weighted by Crippen LogP contribution is 2.07. The van der Waals surface area contributed by atoms with E-state index in [1.165, 1.54) is 0 Å². The largest absolute Gasteiger partial charge is 0.478 e. The molecule has 1 aliphatic rings. The smallest absolute Gasteiger partial charge is 0.189 e. The fourth-order valence-corrected chi connectivity index (χ4v) is 1.08. The number of ether oxygens (including phenoxy) is 1. The second kappa shape index (κ2) is 4.92. The van der Waals surface area contributed by atoms with Gasteiger partial charge in [-0.15, -0.1) is 0 Å². The Hall–Kier alpha value is -0.960. The Morgan fingerprint density at radius 3 is 2.92 bits per heavy atom. The molecule has 74 valence electrons. The van der Waals surface area contributed by atoms with Gasteiger partial charge in [-0.25, -0.2) is 0 Å². The molecule has 0 saturated carbocycles. The number of hydrogen-bond acceptors (Lipinski definition) is 3. The fraction of sp³-hybridized carbons (Fsp3) is 0.600. The van der Waals surface area contributed by atoms with Gasteiger partial charge in [-0.3, -0.25) is 0 Å². The molecule has 0 spiro atoms. The van der Waals surface area contributed by atoms with Gasteiger partial charge >= 0.3 is 0 Å². The molecule has 0 unspecified atom stereocenters. The second-order valence-electron chi connectivity index (χ2n) is 3.47. The Balaban J connectivity index is 2.27. The van der Waals surface area contributed by atoms with Gasteiger partial charge in [0.2, 0.25) is 0 Å². The summed E-state index contributed by atoms with van der Waals surface area (Å²) in [4.78, 5) is 4.20. The van der Waals surface area contributed by atoms with Gasteiger partial charge in [-0.1, -0.05) is 12.2 Å². The van der Waals surface area contributed by atoms with E-state index in [0.717, 1.165) is 25.6 Å². The van der Waals surface area contributed by atoms with Crippen LogP contribution in [0.2, 0.25) is 0 Å². The molecule has 0 bridgehead atoms. The van der Waals surface area contributed by atoms with E-state index in [1.807, 2.05) is 33.3 Å². The van der Waals surface area contributed by atoms with Gasteiger partial charge in [0.1, 0.15) is 6.61 Å². The first-order valence-corrected chi connectivity index (χ1v) is 4.55. The molecule has 0 N–H and O–H groups in total. The normalized spacial score (nSPS) is 16.3. The predicted molar refractivity (Wildman–Crippen MR) is 54.4 cm³/mol. The first kappa shape index (κ1) is 10.1. The number of allylic oxidation sites excluding steroid dienone is 2. The molecule has 0 aliphatic carbocycles. The van der Waals surface area contributed by atoms with E-state index in [2.05, 4.69) is 15.9 Å². The highest BCUT2D eigenvalue weighted by atomic mass is 16.5. The third-order valence-electron chi connectivity index (χ3n) is 1.92. The molecule has 0 radical (unpaired) electrons. The van der Waals surface area contributed by atoms with E-state index >= 15 is 0 Å². The zero-order valence-corrected chi connectivity index (χ0v) is 8.66. The molecule has 0 atom stereocenters. The van der Waals surface area contributed by atoms with Crippen LogP contribution in [0.3, 0.4) is 0 Å². The summed E-state index contributed by atoms with van der Waals surface area (Å²) in [6, 6.07) is 0. The van der Waals surface area contributed by atoms with Gasteiger partial charge in [-0.2, -0.15) is 0 Å². The van der Waals surface area contributed by atoms with E-state index < -0.39 is 0 Å². The minimum absolute atomic E-state index is 0.747. The summed E-state index contributed by atoms with van der Waals surface area (Å²) >= 11 is 0. The summed E-state index contributed by atoms with van der Waals surface area (Å²) in [5.41, 5.74) is 0. The molecule has 0 aromatic heterocycles. The Kier molecular flexibility index (Phi) is 3.83. The van der Waals surface area contributed by atoms with Crippen molar-refractivity contribution in [3.63, 3.8) is 0 Å². The van der Waals surface area contributed by atoms with E-state index in [-0.39, 0.29) is 0 Å². The van der Waals surface area contributed by atoms with Crippen LogP contribution in [-0.4, -0.2) is 50.6 Å². The lowest BCUT2D eigenvalue weighted by Crippen LogP contribution is -2.25. The topological polar surface area (TPSA) is 15.7 Å². The lowest BCUT2D eigenvalue weighted by molar-refractivity contribution is 0.118. The lowest BCUT2D eigenvalue weighted by atomic mass is 10.3. The van der Waals surface area contributed by atoms with Crippen LogP contribution in [0.15, 0.2) is 24.1 Å². The Morgan fingerprint density at radius 2 is 2.31 bits per heavy atom. The third-order valence-corrected chi connectivity index (χ3v) is 1.92. The molecule has 3 heteroatoms. The van der Waals surface area contributed by atoms with Gasteiger partial charge in [-0.05, 0) is 20.2 Å². The first-order chi connectivity index (χ1) is 6.20. The van der Waals surface area contributed by atoms with Crippen molar-refractivity contribution >= 4 is 0 Å². The zero-order chi connectivity index (χ0) is 9.68. The molecule has 0 saturated heterocycles. The van der Waals surface area contributed by atoms with E-state index in [9.17, 15) is 0 Å². The molecular formula is C10H18N2O. The van der Waals surface area contributed by atoms with Crippen LogP contribution >= 0.6 is 0 Å². The van der Waals surface area contributed by atoms with Crippen LogP contribution in [0.1, 0.15) is 0 Å². The van der Waals surface area contributed by atoms with Gasteiger partial charge in [0.05, 0.1) is 0 Å². The summed E-state index contributed by atoms with van der Waals surface area (Å²) < 4.78 is 5.60. The number of nitrogens with zero attached hydrogens (tertiary/aromatic N) is 2. The fourth-order valence-electron chi connectivity index (χ4n) is 1.08. The highest BCUT2D eigenvalue weighted by molar-refractivity contribution is 5.12. The monoisotopic (exact) mass is 182 g/mol. The van der Waals surface area contributed by atoms with Crippen molar-refractivity contribution in [1.29, 1.82) is 0 Å². The number of rotatable bonds is 4. The number of likely N-dealkylation sites (N-methyl/N-ethyl adjacent to an activating group) is 2. The van der Waals surface area contributed by atoms with E-state index in [4.69, 9.17) is 4.74 Å². The van der Waals surface area contributed by atoms with E-state index in [1.54, 1.807) is 0 Å². The average molecular weight is 182 g/mol. The second-order valence-corrected chi connectivity index (χ2v) is 3.47. The summed E-state index contributed by atoms with van der Waals surface area (Å²) in [6.07, 6.45) is 6.14. The third kappa shape index (κ3) is 3.51. The van der Waals surface area contributed by atoms with Crippen LogP contribution in [0.25, 0.3) is 0 Å². The Morgan fingerprint density at radius 1 is 1.54 bits per heavy atom. The SMILES string of the molecule is CN(C)CCOC1=CC=CCN1C. The average Bonchev–Trinajstić information content (AvgIpc) is 2.08. The lowest BCUT2D eigenvalue weighted by Gasteiger charge is -2.23. The van der Waals surface area contributed by atoms with Crippen molar-refractivity contribution in [3.05, 3.63) is 24.1 Å². The summed E-state index contributed by atoms with van der Waals surface area (Å²) in [7, 11) is 6.12. The molecule has 1 heterocycles. The Bertz CT molecular complexity index is 209. The maximum Gasteiger partial charge on any atom is 0.189 e. The maximum atomic E-state index is 5.60. The van der Waals surface area contributed by atoms with Crippen molar-refractivity contribution < 1.29 is 4.74 Å². The van der Waals surface area contributed by atoms with Crippen LogP contribution in [0.5, 0.6) is 0 Å². The molecule has 0 aromatic rings. The van der Waals surface area contributed by atoms with Crippen LogP contribution < -0.4 is 0 Å². The summed E-state index contributed by atoms with van der Waals surface area (Å²) in [5.74, 6) is 0.962. The number of hydrogen-bond donors (Lipinski definition) is 0. The van der Waals surface area contributed by atoms with Crippen molar-refractivity contribution in [2.24, 2.45) is 0 Å². The minimum atomic E-state index is 0.747. The standard InChI is InChI=1S/C10H18N2O/c1-11(2)8-9-13-10-6-4-5-7-12(10)3/h4-6H,7-9H2,1-3H3. The van der Waals surface area contributed by atoms with Crippen molar-refractivity contribution in [3.8, 4) is 0 Å². The zero-order valence-electron chi connectivity index (χ0n) is 8.66. The maximum absolute atomic E-state index is 5.60. The van der Waals surface area contributed by atoms with Crippen LogP contribution in [0.4, 0.5) is 0 Å². The van der Waals surface area contributed by atoms with Gasteiger partial charge < -0.3 is 14.5 Å². The summed E-state index contributed by atoms with van der Waals surface area (Å²) in [6.45, 7) is 2.64. The molecule has 0 amide bonds. The van der Waals surface area contributed by atoms with Gasteiger partial charge in [0.15, 0.2) is 5.88 Å². The highest BCUT2D eigenvalue weighted by Gasteiger charge is 2.05. The van der Waals surface area contributed by atoms with E-state index in [0.29, 0.717) is 0 Å². The molecule has 0 aromatic carbocycles. The first-order valence-electron chi connectivity index (χ1n) is 4.55. The quantitative estimate of drug-likeness (QED) is 0.642. The predicted octanol–water partition coefficient (Wildman–Crippen LogP) is 0.908. The van der Waals surface area contributed by atoms with Gasteiger partial charge in [0, 0.05) is 20.1 Å². The van der Waals surface area contributed by atoms with Crippen molar-refractivity contribution in [1.82, 2.24) is 9.80 Å². The molecule has 1 rings (SSSR count). The molecule has 1 aliphatic heterocycles. The molecular weight excluding hydrogens is 164 g/mol. The minimum Gasteiger partial charge on any atom is -0.478 e. The molecule has 3 nitrogen and oxygen atoms in total. The van der Waals surface area contributed by atoms with Crippen molar-refractivity contribution in [2.45, 2.75) is 0 Å². The molecule has 0 fully saturated rings. The van der Waals surface area contributed by atoms with Crippen molar-refractivity contribution in [2.75, 3.05) is 40.8 Å². The van der Waals surface area contributed by atoms with Crippen LogP contribution in [0, 0.1) is 0 Å². The summed E-state index contributed by atoms with van der Waals surface area (Å²) in [5, 5.41) is 0.